The first-order valence-electron chi connectivity index (χ1n) is 5.70. The van der Waals surface area contributed by atoms with Crippen molar-refractivity contribution in [1.29, 1.82) is 0 Å². The predicted octanol–water partition coefficient (Wildman–Crippen LogP) is 3.81. The van der Waals surface area contributed by atoms with Crippen LogP contribution in [0.4, 0.5) is 20.2 Å². The quantitative estimate of drug-likeness (QED) is 0.688. The molecule has 0 radical (unpaired) electrons. The Morgan fingerprint density at radius 1 is 1.45 bits per heavy atom. The highest BCUT2D eigenvalue weighted by molar-refractivity contribution is 7.11. The van der Waals surface area contributed by atoms with Crippen LogP contribution in [0.2, 0.25) is 0 Å². The minimum absolute atomic E-state index is 0.201. The zero-order valence-electron chi connectivity index (χ0n) is 10.7. The van der Waals surface area contributed by atoms with Gasteiger partial charge in [-0.05, 0) is 13.8 Å². The molecule has 0 aliphatic rings. The predicted molar refractivity (Wildman–Crippen MR) is 71.9 cm³/mol. The van der Waals surface area contributed by atoms with Gasteiger partial charge in [0.05, 0.1) is 11.0 Å². The van der Waals surface area contributed by atoms with Gasteiger partial charge in [-0.15, -0.1) is 11.3 Å². The molecule has 1 heterocycles. The Morgan fingerprint density at radius 2 is 2.15 bits per heavy atom. The van der Waals surface area contributed by atoms with Gasteiger partial charge < -0.3 is 5.32 Å². The van der Waals surface area contributed by atoms with Gasteiger partial charge in [-0.25, -0.2) is 9.37 Å². The molecule has 5 nitrogen and oxygen atoms in total. The Kier molecular flexibility index (Phi) is 3.93. The van der Waals surface area contributed by atoms with Crippen molar-refractivity contribution in [3.63, 3.8) is 0 Å². The van der Waals surface area contributed by atoms with Gasteiger partial charge >= 0.3 is 5.69 Å². The van der Waals surface area contributed by atoms with Crippen molar-refractivity contribution < 1.29 is 13.7 Å². The van der Waals surface area contributed by atoms with Gasteiger partial charge in [-0.1, -0.05) is 0 Å². The van der Waals surface area contributed by atoms with Gasteiger partial charge in [0, 0.05) is 23.2 Å². The summed E-state index contributed by atoms with van der Waals surface area (Å²) < 4.78 is 26.7. The fraction of sp³-hybridized carbons (Fsp3) is 0.250. The number of aromatic nitrogens is 1. The molecule has 1 atom stereocenters. The van der Waals surface area contributed by atoms with Crippen LogP contribution in [0.15, 0.2) is 18.3 Å². The number of aryl methyl sites for hydroxylation is 1. The highest BCUT2D eigenvalue weighted by atomic mass is 32.1. The fourth-order valence-electron chi connectivity index (χ4n) is 1.73. The molecular formula is C12H11F2N3O2S. The lowest BCUT2D eigenvalue weighted by molar-refractivity contribution is -0.386. The Balaban J connectivity index is 2.35. The van der Waals surface area contributed by atoms with Crippen molar-refractivity contribution in [2.45, 2.75) is 19.9 Å². The molecule has 2 aromatic rings. The monoisotopic (exact) mass is 299 g/mol. The van der Waals surface area contributed by atoms with Crippen molar-refractivity contribution in [2.75, 3.05) is 5.32 Å². The smallest absolute Gasteiger partial charge is 0.327 e. The maximum absolute atomic E-state index is 13.5. The Hall–Kier alpha value is -2.09. The van der Waals surface area contributed by atoms with E-state index in [2.05, 4.69) is 10.3 Å². The fourth-order valence-corrected chi connectivity index (χ4v) is 2.51. The van der Waals surface area contributed by atoms with Crippen molar-refractivity contribution >= 4 is 22.7 Å². The maximum Gasteiger partial charge on any atom is 0.327 e. The average Bonchev–Trinajstić information content (AvgIpc) is 2.74. The van der Waals surface area contributed by atoms with Crippen molar-refractivity contribution in [3.05, 3.63) is 50.0 Å². The number of thiazole rings is 1. The molecule has 1 unspecified atom stereocenters. The Labute approximate surface area is 117 Å². The highest BCUT2D eigenvalue weighted by Crippen LogP contribution is 2.32. The number of benzene rings is 1. The molecule has 0 aliphatic carbocycles. The van der Waals surface area contributed by atoms with E-state index in [9.17, 15) is 18.9 Å². The molecular weight excluding hydrogens is 288 g/mol. The normalized spacial score (nSPS) is 12.2. The molecule has 0 amide bonds. The van der Waals surface area contributed by atoms with E-state index in [1.807, 2.05) is 6.92 Å². The number of anilines is 1. The maximum atomic E-state index is 13.5. The molecule has 0 saturated heterocycles. The number of nitro benzene ring substituents is 1. The van der Waals surface area contributed by atoms with Gasteiger partial charge in [0.25, 0.3) is 0 Å². The molecule has 20 heavy (non-hydrogen) atoms. The van der Waals surface area contributed by atoms with Crippen LogP contribution in [0.3, 0.4) is 0 Å². The van der Waals surface area contributed by atoms with Gasteiger partial charge in [0.1, 0.15) is 16.5 Å². The van der Waals surface area contributed by atoms with E-state index < -0.39 is 28.3 Å². The molecule has 0 aliphatic heterocycles. The van der Waals surface area contributed by atoms with Crippen molar-refractivity contribution in [1.82, 2.24) is 4.98 Å². The molecule has 106 valence electrons. The lowest BCUT2D eigenvalue weighted by Crippen LogP contribution is -2.09. The second-order valence-corrected chi connectivity index (χ2v) is 5.48. The summed E-state index contributed by atoms with van der Waals surface area (Å²) in [6.45, 7) is 3.59. The Morgan fingerprint density at radius 3 is 2.70 bits per heavy atom. The molecule has 0 fully saturated rings. The van der Waals surface area contributed by atoms with Gasteiger partial charge in [0.2, 0.25) is 5.82 Å². The first-order chi connectivity index (χ1) is 9.38. The van der Waals surface area contributed by atoms with E-state index in [4.69, 9.17) is 0 Å². The number of halogens is 2. The van der Waals surface area contributed by atoms with Crippen LogP contribution in [-0.2, 0) is 0 Å². The summed E-state index contributed by atoms with van der Waals surface area (Å²) in [7, 11) is 0. The average molecular weight is 299 g/mol. The molecule has 1 aromatic carbocycles. The van der Waals surface area contributed by atoms with Gasteiger partial charge in [-0.3, -0.25) is 10.1 Å². The summed E-state index contributed by atoms with van der Waals surface area (Å²) in [4.78, 5) is 15.1. The van der Waals surface area contributed by atoms with E-state index in [1.54, 1.807) is 13.1 Å². The van der Waals surface area contributed by atoms with Crippen molar-refractivity contribution in [2.24, 2.45) is 0 Å². The van der Waals surface area contributed by atoms with E-state index in [0.717, 1.165) is 10.9 Å². The topological polar surface area (TPSA) is 68.1 Å². The zero-order valence-corrected chi connectivity index (χ0v) is 11.5. The number of nitro groups is 1. The lowest BCUT2D eigenvalue weighted by Gasteiger charge is -2.13. The first-order valence-corrected chi connectivity index (χ1v) is 6.52. The van der Waals surface area contributed by atoms with E-state index in [1.165, 1.54) is 11.3 Å². The largest absolute Gasteiger partial charge is 0.370 e. The summed E-state index contributed by atoms with van der Waals surface area (Å²) >= 11 is 1.41. The van der Waals surface area contributed by atoms with Crippen LogP contribution in [0.25, 0.3) is 0 Å². The van der Waals surface area contributed by atoms with E-state index >= 15 is 0 Å². The third-order valence-corrected chi connectivity index (χ3v) is 3.69. The van der Waals surface area contributed by atoms with Gasteiger partial charge in [-0.2, -0.15) is 4.39 Å². The van der Waals surface area contributed by atoms with Crippen LogP contribution in [0, 0.1) is 28.7 Å². The Bertz CT molecular complexity index is 660. The molecule has 0 bridgehead atoms. The third kappa shape index (κ3) is 2.90. The molecule has 1 aromatic heterocycles. The second kappa shape index (κ2) is 5.49. The van der Waals surface area contributed by atoms with Gasteiger partial charge in [0.15, 0.2) is 0 Å². The lowest BCUT2D eigenvalue weighted by atomic mass is 10.2. The van der Waals surface area contributed by atoms with Crippen LogP contribution < -0.4 is 5.32 Å². The third-order valence-electron chi connectivity index (χ3n) is 2.59. The number of nitrogens with one attached hydrogen (secondary N) is 1. The summed E-state index contributed by atoms with van der Waals surface area (Å²) in [5.74, 6) is -2.09. The summed E-state index contributed by atoms with van der Waals surface area (Å²) in [5.41, 5.74) is -0.973. The van der Waals surface area contributed by atoms with Crippen molar-refractivity contribution in [3.8, 4) is 0 Å². The second-order valence-electron chi connectivity index (χ2n) is 4.22. The molecule has 8 heteroatoms. The zero-order chi connectivity index (χ0) is 14.9. The number of hydrogen-bond donors (Lipinski definition) is 1. The first kappa shape index (κ1) is 14.3. The minimum atomic E-state index is -1.21. The highest BCUT2D eigenvalue weighted by Gasteiger charge is 2.23. The molecule has 0 spiro atoms. The van der Waals surface area contributed by atoms with Crippen LogP contribution in [0.5, 0.6) is 0 Å². The summed E-state index contributed by atoms with van der Waals surface area (Å²) in [6.07, 6.45) is 1.67. The summed E-state index contributed by atoms with van der Waals surface area (Å²) in [5, 5.41) is 14.3. The van der Waals surface area contributed by atoms with Crippen LogP contribution in [0.1, 0.15) is 22.9 Å². The standard InChI is InChI=1S/C12H11F2N3O2S/c1-6-5-15-12(20-6)7(2)16-10-4-8(13)3-9(14)11(10)17(18)19/h3-5,7,16H,1-2H3. The van der Waals surface area contributed by atoms with E-state index in [0.29, 0.717) is 11.1 Å². The van der Waals surface area contributed by atoms with E-state index in [-0.39, 0.29) is 5.69 Å². The molecule has 0 saturated carbocycles. The minimum Gasteiger partial charge on any atom is -0.370 e. The molecule has 2 rings (SSSR count). The number of nitrogens with zero attached hydrogens (tertiary/aromatic N) is 2. The van der Waals surface area contributed by atoms with Crippen LogP contribution in [-0.4, -0.2) is 9.91 Å². The summed E-state index contributed by atoms with van der Waals surface area (Å²) in [6, 6.07) is 0.994. The SMILES string of the molecule is Cc1cnc(C(C)Nc2cc(F)cc(F)c2[N+](=O)[O-])s1. The van der Waals surface area contributed by atoms with Crippen LogP contribution >= 0.6 is 11.3 Å². The number of hydrogen-bond acceptors (Lipinski definition) is 5. The number of rotatable bonds is 4. The molecule has 1 N–H and O–H groups in total.